The average molecular weight is 1040 g/mol. The molecule has 0 unspecified atom stereocenters. The van der Waals surface area contributed by atoms with Crippen molar-refractivity contribution in [2.75, 3.05) is 4.90 Å². The predicted molar refractivity (Wildman–Crippen MR) is 340 cm³/mol. The maximum atomic E-state index is 6.38. The maximum absolute atomic E-state index is 6.38. The van der Waals surface area contributed by atoms with Crippen LogP contribution in [0.1, 0.15) is 0 Å². The van der Waals surface area contributed by atoms with E-state index in [1.54, 1.807) is 0 Å². The van der Waals surface area contributed by atoms with Crippen molar-refractivity contribution in [3.05, 3.63) is 315 Å². The van der Waals surface area contributed by atoms with Gasteiger partial charge >= 0.3 is 0 Å². The Bertz CT molecular complexity index is 4620. The van der Waals surface area contributed by atoms with E-state index >= 15 is 0 Å². The second-order valence-electron chi connectivity index (χ2n) is 20.8. The molecular weight excluding hydrogens is 985 g/mol. The predicted octanol–water partition coefficient (Wildman–Crippen LogP) is 17.7. The van der Waals surface area contributed by atoms with Gasteiger partial charge in [-0.15, -0.1) is 0 Å². The van der Waals surface area contributed by atoms with Crippen molar-refractivity contribution in [2.24, 2.45) is 0 Å². The van der Waals surface area contributed by atoms with Gasteiger partial charge in [-0.25, -0.2) is 0 Å². The van der Waals surface area contributed by atoms with Gasteiger partial charge in [0.2, 0.25) is 0 Å². The highest BCUT2D eigenvalue weighted by atomic mass is 28.3. The standard InChI is InChI=1S/C76H52N2OSi/c1-4-20-62(21-5-1)80(63-22-6-2-7-23-63,64-24-8-3-9-25-64)65-49-46-60(47-50-65)77(59-44-40-56(41-45-59)67-29-16-19-55-18-10-11-26-66(55)67)58-42-38-54(39-43-58)53-34-36-57(37-35-53)68-30-17-32-73-76(68)71-28-12-14-31-72(71)78(73)61-48-51-70-69-27-13-15-33-74(69)79-75(70)52-61/h1-52H. The van der Waals surface area contributed by atoms with Crippen molar-refractivity contribution >= 4 is 100 Å². The summed E-state index contributed by atoms with van der Waals surface area (Å²) in [6.45, 7) is 0. The minimum absolute atomic E-state index is 0.886. The van der Waals surface area contributed by atoms with E-state index in [1.165, 1.54) is 64.5 Å². The molecular formula is C76H52N2OSi. The summed E-state index contributed by atoms with van der Waals surface area (Å²) in [5, 5.41) is 12.6. The van der Waals surface area contributed by atoms with E-state index in [0.717, 1.165) is 66.8 Å². The summed E-state index contributed by atoms with van der Waals surface area (Å²) in [6, 6.07) is 116. The number of furan rings is 1. The fourth-order valence-corrected chi connectivity index (χ4v) is 17.4. The van der Waals surface area contributed by atoms with Crippen LogP contribution in [0.3, 0.4) is 0 Å². The van der Waals surface area contributed by atoms with Gasteiger partial charge in [0.25, 0.3) is 0 Å². The van der Waals surface area contributed by atoms with Crippen molar-refractivity contribution < 1.29 is 4.42 Å². The Labute approximate surface area is 466 Å². The van der Waals surface area contributed by atoms with Gasteiger partial charge in [-0.3, -0.25) is 0 Å². The van der Waals surface area contributed by atoms with Gasteiger partial charge in [0.1, 0.15) is 11.2 Å². The van der Waals surface area contributed by atoms with E-state index in [9.17, 15) is 0 Å². The van der Waals surface area contributed by atoms with Gasteiger partial charge in [-0.1, -0.05) is 243 Å². The third kappa shape index (κ3) is 7.87. The molecule has 2 aromatic heterocycles. The number of aromatic nitrogens is 1. The van der Waals surface area contributed by atoms with Crippen LogP contribution < -0.4 is 25.6 Å². The first-order valence-corrected chi connectivity index (χ1v) is 29.5. The summed E-state index contributed by atoms with van der Waals surface area (Å²) in [6.07, 6.45) is 0. The molecule has 4 heteroatoms. The molecule has 15 aromatic rings. The van der Waals surface area contributed by atoms with E-state index in [-0.39, 0.29) is 0 Å². The highest BCUT2D eigenvalue weighted by Gasteiger charge is 2.41. The van der Waals surface area contributed by atoms with Crippen LogP contribution in [0.15, 0.2) is 320 Å². The number of hydrogen-bond donors (Lipinski definition) is 0. The molecule has 0 bridgehead atoms. The molecule has 13 aromatic carbocycles. The molecule has 0 N–H and O–H groups in total. The summed E-state index contributed by atoms with van der Waals surface area (Å²) in [7, 11) is -2.73. The molecule has 0 aliphatic heterocycles. The molecule has 0 radical (unpaired) electrons. The molecule has 80 heavy (non-hydrogen) atoms. The lowest BCUT2D eigenvalue weighted by atomic mass is 9.96. The van der Waals surface area contributed by atoms with E-state index in [2.05, 4.69) is 313 Å². The minimum atomic E-state index is -2.73. The number of para-hydroxylation sites is 2. The number of hydrogen-bond acceptors (Lipinski definition) is 2. The third-order valence-electron chi connectivity index (χ3n) is 16.4. The first-order valence-electron chi connectivity index (χ1n) is 27.5. The zero-order valence-electron chi connectivity index (χ0n) is 43.8. The lowest BCUT2D eigenvalue weighted by Crippen LogP contribution is -2.74. The molecule has 0 atom stereocenters. The Morgan fingerprint density at radius 3 is 1.38 bits per heavy atom. The van der Waals surface area contributed by atoms with Crippen LogP contribution in [0, 0.1) is 0 Å². The number of anilines is 3. The van der Waals surface area contributed by atoms with E-state index in [4.69, 9.17) is 4.42 Å². The Hall–Kier alpha value is -10.3. The smallest absolute Gasteiger partial charge is 0.179 e. The molecule has 2 heterocycles. The summed E-state index contributed by atoms with van der Waals surface area (Å²) >= 11 is 0. The fraction of sp³-hybridized carbons (Fsp3) is 0. The Morgan fingerprint density at radius 2 is 0.725 bits per heavy atom. The van der Waals surface area contributed by atoms with Gasteiger partial charge in [-0.05, 0) is 132 Å². The first kappa shape index (κ1) is 47.0. The molecule has 0 fully saturated rings. The molecule has 3 nitrogen and oxygen atoms in total. The quantitative estimate of drug-likeness (QED) is 0.0951. The number of rotatable bonds is 11. The van der Waals surface area contributed by atoms with Crippen molar-refractivity contribution in [3.8, 4) is 39.1 Å². The van der Waals surface area contributed by atoms with Crippen molar-refractivity contribution in [2.45, 2.75) is 0 Å². The summed E-state index contributed by atoms with van der Waals surface area (Å²) < 4.78 is 8.76. The monoisotopic (exact) mass is 1040 g/mol. The van der Waals surface area contributed by atoms with Gasteiger partial charge in [0.05, 0.1) is 11.0 Å². The van der Waals surface area contributed by atoms with Crippen LogP contribution in [0.25, 0.3) is 93.6 Å². The largest absolute Gasteiger partial charge is 0.456 e. The van der Waals surface area contributed by atoms with Crippen LogP contribution in [0.2, 0.25) is 0 Å². The first-order chi connectivity index (χ1) is 39.7. The summed E-state index contributed by atoms with van der Waals surface area (Å²) in [4.78, 5) is 2.40. The highest BCUT2D eigenvalue weighted by Crippen LogP contribution is 2.42. The lowest BCUT2D eigenvalue weighted by Gasteiger charge is -2.35. The molecule has 0 amide bonds. The van der Waals surface area contributed by atoms with Crippen LogP contribution in [-0.2, 0) is 0 Å². The molecule has 0 aliphatic carbocycles. The average Bonchev–Trinajstić information content (AvgIpc) is 4.23. The molecule has 15 rings (SSSR count). The summed E-state index contributed by atoms with van der Waals surface area (Å²) in [5.41, 5.74) is 15.5. The van der Waals surface area contributed by atoms with E-state index < -0.39 is 8.07 Å². The minimum Gasteiger partial charge on any atom is -0.456 e. The van der Waals surface area contributed by atoms with Gasteiger partial charge in [0.15, 0.2) is 8.07 Å². The SMILES string of the molecule is c1ccc([Si](c2ccccc2)(c2ccccc2)c2ccc(N(c3ccc(-c4ccc(-c5cccc6c5c5ccccc5n6-c5ccc6c(c5)oc5ccccc56)cc4)cc3)c3ccc(-c4cccc5ccccc45)cc3)cc2)cc1. The van der Waals surface area contributed by atoms with Gasteiger partial charge < -0.3 is 13.9 Å². The number of nitrogens with zero attached hydrogens (tertiary/aromatic N) is 2. The topological polar surface area (TPSA) is 21.3 Å². The van der Waals surface area contributed by atoms with Crippen molar-refractivity contribution in [1.29, 1.82) is 0 Å². The second kappa shape index (κ2) is 19.6. The highest BCUT2D eigenvalue weighted by molar-refractivity contribution is 7.19. The zero-order chi connectivity index (χ0) is 53.0. The van der Waals surface area contributed by atoms with Crippen molar-refractivity contribution in [1.82, 2.24) is 4.57 Å². The van der Waals surface area contributed by atoms with E-state index in [1.807, 2.05) is 12.1 Å². The molecule has 0 aliphatic rings. The van der Waals surface area contributed by atoms with Crippen molar-refractivity contribution in [3.63, 3.8) is 0 Å². The molecule has 0 saturated heterocycles. The number of fused-ring (bicyclic) bond motifs is 7. The maximum Gasteiger partial charge on any atom is 0.179 e. The molecule has 0 saturated carbocycles. The van der Waals surface area contributed by atoms with Crippen LogP contribution in [-0.4, -0.2) is 12.6 Å². The molecule has 0 spiro atoms. The Kier molecular flexibility index (Phi) is 11.5. The Balaban J connectivity index is 0.799. The van der Waals surface area contributed by atoms with E-state index in [0.29, 0.717) is 0 Å². The zero-order valence-corrected chi connectivity index (χ0v) is 44.8. The van der Waals surface area contributed by atoms with Crippen LogP contribution in [0.5, 0.6) is 0 Å². The van der Waals surface area contributed by atoms with Gasteiger partial charge in [0, 0.05) is 50.4 Å². The van der Waals surface area contributed by atoms with Crippen LogP contribution in [0.4, 0.5) is 17.1 Å². The lowest BCUT2D eigenvalue weighted by molar-refractivity contribution is 0.668. The second-order valence-corrected chi connectivity index (χ2v) is 24.6. The Morgan fingerprint density at radius 1 is 0.287 bits per heavy atom. The van der Waals surface area contributed by atoms with Crippen LogP contribution >= 0.6 is 0 Å². The third-order valence-corrected chi connectivity index (χ3v) is 21.2. The number of benzene rings is 13. The molecule has 376 valence electrons. The normalized spacial score (nSPS) is 11.8. The fourth-order valence-electron chi connectivity index (χ4n) is 12.7. The van der Waals surface area contributed by atoms with Gasteiger partial charge in [-0.2, -0.15) is 0 Å². The summed E-state index contributed by atoms with van der Waals surface area (Å²) in [5.74, 6) is 0.